The molecular formula is C14H17N3O. The lowest BCUT2D eigenvalue weighted by atomic mass is 10.1. The maximum atomic E-state index is 5.77. The molecule has 0 aliphatic rings. The third kappa shape index (κ3) is 2.91. The first-order chi connectivity index (χ1) is 8.69. The van der Waals surface area contributed by atoms with Crippen LogP contribution in [0.25, 0.3) is 0 Å². The lowest BCUT2D eigenvalue weighted by molar-refractivity contribution is 0.410. The monoisotopic (exact) mass is 243 g/mol. The molecular weight excluding hydrogens is 226 g/mol. The molecule has 0 radical (unpaired) electrons. The Hall–Kier alpha value is -2.23. The molecule has 18 heavy (non-hydrogen) atoms. The van der Waals surface area contributed by atoms with Crippen molar-refractivity contribution < 1.29 is 4.74 Å². The van der Waals surface area contributed by atoms with Gasteiger partial charge in [-0.15, -0.1) is 0 Å². The average Bonchev–Trinajstić information content (AvgIpc) is 2.38. The fraction of sp³-hybridized carbons (Fsp3) is 0.214. The van der Waals surface area contributed by atoms with Gasteiger partial charge >= 0.3 is 0 Å². The number of aromatic nitrogens is 1. The summed E-state index contributed by atoms with van der Waals surface area (Å²) in [6.45, 7) is 2.64. The molecule has 1 aromatic heterocycles. The predicted octanol–water partition coefficient (Wildman–Crippen LogP) is 2.59. The number of benzene rings is 1. The van der Waals surface area contributed by atoms with Crippen LogP contribution in [0.4, 0.5) is 11.5 Å². The van der Waals surface area contributed by atoms with Crippen LogP contribution in [0, 0.1) is 6.92 Å². The van der Waals surface area contributed by atoms with Gasteiger partial charge in [-0.25, -0.2) is 4.98 Å². The Morgan fingerprint density at radius 2 is 2.11 bits per heavy atom. The summed E-state index contributed by atoms with van der Waals surface area (Å²) in [6, 6.07) is 9.57. The van der Waals surface area contributed by atoms with Gasteiger partial charge in [0.25, 0.3) is 0 Å². The third-order valence-corrected chi connectivity index (χ3v) is 2.68. The van der Waals surface area contributed by atoms with Crippen LogP contribution in [0.1, 0.15) is 11.1 Å². The van der Waals surface area contributed by atoms with Gasteiger partial charge in [0, 0.05) is 24.0 Å². The molecule has 0 unspecified atom stereocenters. The zero-order chi connectivity index (χ0) is 13.0. The van der Waals surface area contributed by atoms with Gasteiger partial charge < -0.3 is 15.8 Å². The molecule has 0 spiro atoms. The Kier molecular flexibility index (Phi) is 3.67. The summed E-state index contributed by atoms with van der Waals surface area (Å²) in [4.78, 5) is 4.29. The fourth-order valence-corrected chi connectivity index (χ4v) is 1.69. The van der Waals surface area contributed by atoms with E-state index in [2.05, 4.69) is 10.3 Å². The highest BCUT2D eigenvalue weighted by Gasteiger charge is 2.03. The number of pyridine rings is 1. The maximum Gasteiger partial charge on any atom is 0.126 e. The number of rotatable bonds is 4. The van der Waals surface area contributed by atoms with Crippen molar-refractivity contribution in [1.29, 1.82) is 0 Å². The quantitative estimate of drug-likeness (QED) is 0.810. The number of hydrogen-bond acceptors (Lipinski definition) is 4. The number of methoxy groups -OCH3 is 1. The molecule has 0 saturated heterocycles. The number of nitrogens with zero attached hydrogens (tertiary/aromatic N) is 1. The topological polar surface area (TPSA) is 60.2 Å². The summed E-state index contributed by atoms with van der Waals surface area (Å²) in [5.41, 5.74) is 8.65. The number of nitrogens with one attached hydrogen (secondary N) is 1. The molecule has 0 aliphatic carbocycles. The zero-order valence-corrected chi connectivity index (χ0v) is 10.6. The summed E-state index contributed by atoms with van der Waals surface area (Å²) < 4.78 is 5.29. The summed E-state index contributed by atoms with van der Waals surface area (Å²) in [5.74, 6) is 1.66. The van der Waals surface area contributed by atoms with E-state index < -0.39 is 0 Å². The first-order valence-corrected chi connectivity index (χ1v) is 5.78. The van der Waals surface area contributed by atoms with Crippen molar-refractivity contribution in [3.63, 3.8) is 0 Å². The van der Waals surface area contributed by atoms with Crippen LogP contribution in [0.15, 0.2) is 36.5 Å². The lowest BCUT2D eigenvalue weighted by Gasteiger charge is -2.11. The van der Waals surface area contributed by atoms with Gasteiger partial charge in [-0.3, -0.25) is 0 Å². The molecule has 1 heterocycles. The minimum absolute atomic E-state index is 0.629. The largest absolute Gasteiger partial charge is 0.496 e. The fourth-order valence-electron chi connectivity index (χ4n) is 1.69. The van der Waals surface area contributed by atoms with Gasteiger partial charge in [-0.1, -0.05) is 6.07 Å². The average molecular weight is 243 g/mol. The zero-order valence-electron chi connectivity index (χ0n) is 10.6. The number of nitrogen functional groups attached to an aromatic ring is 1. The third-order valence-electron chi connectivity index (χ3n) is 2.68. The van der Waals surface area contributed by atoms with Gasteiger partial charge in [-0.05, 0) is 36.8 Å². The molecule has 1 aromatic carbocycles. The molecule has 94 valence electrons. The van der Waals surface area contributed by atoms with Crippen LogP contribution < -0.4 is 15.8 Å². The first-order valence-electron chi connectivity index (χ1n) is 5.78. The Bertz CT molecular complexity index is 523. The number of aryl methyl sites for hydroxylation is 1. The van der Waals surface area contributed by atoms with Crippen molar-refractivity contribution in [3.05, 3.63) is 47.7 Å². The summed E-state index contributed by atoms with van der Waals surface area (Å²) in [7, 11) is 1.65. The van der Waals surface area contributed by atoms with E-state index in [-0.39, 0.29) is 0 Å². The van der Waals surface area contributed by atoms with E-state index in [9.17, 15) is 0 Å². The first kappa shape index (κ1) is 12.2. The lowest BCUT2D eigenvalue weighted by Crippen LogP contribution is -2.04. The van der Waals surface area contributed by atoms with Gasteiger partial charge in [0.15, 0.2) is 0 Å². The van der Waals surface area contributed by atoms with Gasteiger partial charge in [-0.2, -0.15) is 0 Å². The molecule has 0 saturated carbocycles. The summed E-state index contributed by atoms with van der Waals surface area (Å²) >= 11 is 0. The van der Waals surface area contributed by atoms with Crippen LogP contribution in [0.3, 0.4) is 0 Å². The van der Waals surface area contributed by atoms with Crippen molar-refractivity contribution in [1.82, 2.24) is 4.98 Å². The number of ether oxygens (including phenoxy) is 1. The standard InChI is InChI=1S/C14H17N3O/c1-10-3-6-14(16-8-10)17-9-11-7-12(15)4-5-13(11)18-2/h3-8H,9,15H2,1-2H3,(H,16,17). The molecule has 4 nitrogen and oxygen atoms in total. The molecule has 4 heteroatoms. The van der Waals surface area contributed by atoms with Crippen molar-refractivity contribution >= 4 is 11.5 Å². The highest BCUT2D eigenvalue weighted by Crippen LogP contribution is 2.21. The van der Waals surface area contributed by atoms with E-state index in [1.54, 1.807) is 7.11 Å². The van der Waals surface area contributed by atoms with Gasteiger partial charge in [0.2, 0.25) is 0 Å². The molecule has 0 amide bonds. The van der Waals surface area contributed by atoms with E-state index >= 15 is 0 Å². The van der Waals surface area contributed by atoms with Crippen LogP contribution in [-0.2, 0) is 6.54 Å². The molecule has 3 N–H and O–H groups in total. The van der Waals surface area contributed by atoms with Gasteiger partial charge in [0.05, 0.1) is 7.11 Å². The normalized spacial score (nSPS) is 10.1. The van der Waals surface area contributed by atoms with E-state index in [0.29, 0.717) is 6.54 Å². The summed E-state index contributed by atoms with van der Waals surface area (Å²) in [5, 5.41) is 3.24. The van der Waals surface area contributed by atoms with Crippen molar-refractivity contribution in [2.75, 3.05) is 18.2 Å². The molecule has 0 aliphatic heterocycles. The maximum absolute atomic E-state index is 5.77. The Morgan fingerprint density at radius 1 is 1.28 bits per heavy atom. The van der Waals surface area contributed by atoms with E-state index in [1.807, 2.05) is 43.5 Å². The Labute approximate surface area is 107 Å². The second kappa shape index (κ2) is 5.40. The van der Waals surface area contributed by atoms with Crippen molar-refractivity contribution in [2.24, 2.45) is 0 Å². The smallest absolute Gasteiger partial charge is 0.126 e. The number of anilines is 2. The van der Waals surface area contributed by atoms with Crippen LogP contribution in [0.5, 0.6) is 5.75 Å². The predicted molar refractivity (Wildman–Crippen MR) is 73.7 cm³/mol. The summed E-state index contributed by atoms with van der Waals surface area (Å²) in [6.07, 6.45) is 1.83. The van der Waals surface area contributed by atoms with Crippen molar-refractivity contribution in [2.45, 2.75) is 13.5 Å². The molecule has 2 aromatic rings. The van der Waals surface area contributed by atoms with E-state index in [4.69, 9.17) is 10.5 Å². The van der Waals surface area contributed by atoms with Crippen molar-refractivity contribution in [3.8, 4) is 5.75 Å². The minimum atomic E-state index is 0.629. The van der Waals surface area contributed by atoms with E-state index in [1.165, 1.54) is 0 Å². The second-order valence-electron chi connectivity index (χ2n) is 4.15. The molecule has 0 fully saturated rings. The van der Waals surface area contributed by atoms with Crippen LogP contribution in [0.2, 0.25) is 0 Å². The Balaban J connectivity index is 2.09. The molecule has 2 rings (SSSR count). The van der Waals surface area contributed by atoms with Crippen LogP contribution in [-0.4, -0.2) is 12.1 Å². The molecule has 0 bridgehead atoms. The minimum Gasteiger partial charge on any atom is -0.496 e. The van der Waals surface area contributed by atoms with Crippen LogP contribution >= 0.6 is 0 Å². The SMILES string of the molecule is COc1ccc(N)cc1CNc1ccc(C)cn1. The molecule has 0 atom stereocenters. The number of hydrogen-bond donors (Lipinski definition) is 2. The second-order valence-corrected chi connectivity index (χ2v) is 4.15. The van der Waals surface area contributed by atoms with Gasteiger partial charge in [0.1, 0.15) is 11.6 Å². The highest BCUT2D eigenvalue weighted by molar-refractivity contribution is 5.49. The highest BCUT2D eigenvalue weighted by atomic mass is 16.5. The van der Waals surface area contributed by atoms with E-state index in [0.717, 1.165) is 28.4 Å². The number of nitrogens with two attached hydrogens (primary N) is 1. The Morgan fingerprint density at radius 3 is 2.78 bits per heavy atom.